The number of halogens is 1. The van der Waals surface area contributed by atoms with Gasteiger partial charge in [-0.15, -0.1) is 11.3 Å². The molecule has 84 valence electrons. The van der Waals surface area contributed by atoms with Crippen molar-refractivity contribution in [2.75, 3.05) is 0 Å². The predicted octanol–water partition coefficient (Wildman–Crippen LogP) is 5.09. The van der Waals surface area contributed by atoms with Gasteiger partial charge in [0.25, 0.3) is 0 Å². The zero-order chi connectivity index (χ0) is 11.5. The summed E-state index contributed by atoms with van der Waals surface area (Å²) >= 11 is 5.24. The second kappa shape index (κ2) is 5.11. The average molecular weight is 296 g/mol. The Morgan fingerprint density at radius 3 is 2.94 bits per heavy atom. The van der Waals surface area contributed by atoms with Crippen LogP contribution < -0.4 is 0 Å². The molecule has 0 aliphatic rings. The van der Waals surface area contributed by atoms with E-state index in [0.717, 1.165) is 16.6 Å². The van der Waals surface area contributed by atoms with E-state index in [9.17, 15) is 0 Å². The van der Waals surface area contributed by atoms with Crippen LogP contribution in [0.4, 0.5) is 0 Å². The molecule has 0 fully saturated rings. The number of hydrogen-bond donors (Lipinski definition) is 0. The molecule has 0 aliphatic carbocycles. The topological polar surface area (TPSA) is 12.9 Å². The molecule has 1 atom stereocenters. The summed E-state index contributed by atoms with van der Waals surface area (Å²) < 4.78 is 1.10. The van der Waals surface area contributed by atoms with Crippen LogP contribution in [0.1, 0.15) is 31.2 Å². The Balaban J connectivity index is 2.31. The van der Waals surface area contributed by atoms with Crippen LogP contribution in [0.3, 0.4) is 0 Å². The van der Waals surface area contributed by atoms with Gasteiger partial charge >= 0.3 is 0 Å². The van der Waals surface area contributed by atoms with Crippen LogP contribution in [-0.2, 0) is 0 Å². The highest BCUT2D eigenvalue weighted by Crippen LogP contribution is 2.28. The summed E-state index contributed by atoms with van der Waals surface area (Å²) in [5, 5.41) is 3.38. The summed E-state index contributed by atoms with van der Waals surface area (Å²) in [6.45, 7) is 4.42. The Kier molecular flexibility index (Phi) is 3.77. The van der Waals surface area contributed by atoms with Crippen LogP contribution in [0.25, 0.3) is 11.3 Å². The first-order chi connectivity index (χ1) is 7.70. The van der Waals surface area contributed by atoms with E-state index in [-0.39, 0.29) is 0 Å². The van der Waals surface area contributed by atoms with E-state index >= 15 is 0 Å². The summed E-state index contributed by atoms with van der Waals surface area (Å²) in [7, 11) is 0. The van der Waals surface area contributed by atoms with Crippen LogP contribution in [0.2, 0.25) is 0 Å². The van der Waals surface area contributed by atoms with Gasteiger partial charge in [-0.2, -0.15) is 0 Å². The van der Waals surface area contributed by atoms with Crippen molar-refractivity contribution < 1.29 is 0 Å². The van der Waals surface area contributed by atoms with Gasteiger partial charge in [-0.05, 0) is 18.6 Å². The van der Waals surface area contributed by atoms with Gasteiger partial charge in [-0.25, -0.2) is 4.98 Å². The van der Waals surface area contributed by atoms with Crippen molar-refractivity contribution in [2.45, 2.75) is 26.2 Å². The number of benzene rings is 1. The molecule has 1 unspecified atom stereocenters. The predicted molar refractivity (Wildman–Crippen MR) is 74.0 cm³/mol. The van der Waals surface area contributed by atoms with Gasteiger partial charge in [0.2, 0.25) is 0 Å². The van der Waals surface area contributed by atoms with E-state index in [0.29, 0.717) is 5.92 Å². The molecular formula is C13H14BrNS. The molecule has 0 saturated carbocycles. The Labute approximate surface area is 109 Å². The molecule has 0 saturated heterocycles. The van der Waals surface area contributed by atoms with Gasteiger partial charge in [0.15, 0.2) is 0 Å². The minimum Gasteiger partial charge on any atom is -0.241 e. The summed E-state index contributed by atoms with van der Waals surface area (Å²) in [6, 6.07) is 8.28. The van der Waals surface area contributed by atoms with Crippen molar-refractivity contribution in [3.63, 3.8) is 0 Å². The van der Waals surface area contributed by atoms with Gasteiger partial charge in [-0.1, -0.05) is 41.9 Å². The van der Waals surface area contributed by atoms with Crippen molar-refractivity contribution in [2.24, 2.45) is 0 Å². The maximum absolute atomic E-state index is 4.69. The monoisotopic (exact) mass is 295 g/mol. The molecule has 0 N–H and O–H groups in total. The fourth-order valence-corrected chi connectivity index (χ4v) is 2.84. The third-order valence-electron chi connectivity index (χ3n) is 2.68. The van der Waals surface area contributed by atoms with Gasteiger partial charge in [-0.3, -0.25) is 0 Å². The molecule has 2 rings (SSSR count). The molecule has 0 amide bonds. The van der Waals surface area contributed by atoms with Gasteiger partial charge in [0.05, 0.1) is 10.7 Å². The fraction of sp³-hybridized carbons (Fsp3) is 0.308. The van der Waals surface area contributed by atoms with Crippen LogP contribution in [-0.4, -0.2) is 4.98 Å². The maximum Gasteiger partial charge on any atom is 0.0960 e. The lowest BCUT2D eigenvalue weighted by Crippen LogP contribution is -1.89. The Hall–Kier alpha value is -0.670. The average Bonchev–Trinajstić information content (AvgIpc) is 2.77. The van der Waals surface area contributed by atoms with Gasteiger partial charge in [0, 0.05) is 21.3 Å². The molecule has 1 nitrogen and oxygen atoms in total. The minimum absolute atomic E-state index is 0.561. The van der Waals surface area contributed by atoms with Crippen molar-refractivity contribution in [3.8, 4) is 11.3 Å². The molecular weight excluding hydrogens is 282 g/mol. The van der Waals surface area contributed by atoms with Crippen molar-refractivity contribution >= 4 is 27.3 Å². The normalized spacial score (nSPS) is 12.7. The van der Waals surface area contributed by atoms with E-state index < -0.39 is 0 Å². The molecule has 2 aromatic rings. The number of aromatic nitrogens is 1. The second-order valence-corrected chi connectivity index (χ2v) is 5.70. The molecule has 3 heteroatoms. The van der Waals surface area contributed by atoms with E-state index in [1.54, 1.807) is 11.3 Å². The Morgan fingerprint density at radius 2 is 2.25 bits per heavy atom. The quantitative estimate of drug-likeness (QED) is 0.769. The largest absolute Gasteiger partial charge is 0.241 e. The SMILES string of the molecule is CCC(C)c1nc(-c2cccc(Br)c2)cs1. The first-order valence-electron chi connectivity index (χ1n) is 5.42. The van der Waals surface area contributed by atoms with Gasteiger partial charge < -0.3 is 0 Å². The zero-order valence-electron chi connectivity index (χ0n) is 9.40. The van der Waals surface area contributed by atoms with Crippen molar-refractivity contribution in [1.82, 2.24) is 4.98 Å². The van der Waals surface area contributed by atoms with Crippen LogP contribution in [0.5, 0.6) is 0 Å². The van der Waals surface area contributed by atoms with Crippen LogP contribution >= 0.6 is 27.3 Å². The van der Waals surface area contributed by atoms with Gasteiger partial charge in [0.1, 0.15) is 0 Å². The summed E-state index contributed by atoms with van der Waals surface area (Å²) in [6.07, 6.45) is 1.14. The third kappa shape index (κ3) is 2.53. The standard InChI is InChI=1S/C13H14BrNS/c1-3-9(2)13-15-12(8-16-13)10-5-4-6-11(14)7-10/h4-9H,3H2,1-2H3. The van der Waals surface area contributed by atoms with E-state index in [1.165, 1.54) is 10.6 Å². The van der Waals surface area contributed by atoms with Crippen molar-refractivity contribution in [3.05, 3.63) is 39.1 Å². The molecule has 0 bridgehead atoms. The highest BCUT2D eigenvalue weighted by Gasteiger charge is 2.09. The van der Waals surface area contributed by atoms with Crippen LogP contribution in [0, 0.1) is 0 Å². The summed E-state index contributed by atoms with van der Waals surface area (Å²) in [5.41, 5.74) is 2.27. The maximum atomic E-state index is 4.69. The smallest absolute Gasteiger partial charge is 0.0960 e. The van der Waals surface area contributed by atoms with E-state index in [1.807, 2.05) is 12.1 Å². The van der Waals surface area contributed by atoms with Crippen LogP contribution in [0.15, 0.2) is 34.1 Å². The first-order valence-corrected chi connectivity index (χ1v) is 7.09. The number of nitrogens with zero attached hydrogens (tertiary/aromatic N) is 1. The molecule has 1 aromatic heterocycles. The molecule has 0 spiro atoms. The lowest BCUT2D eigenvalue weighted by atomic mass is 10.1. The molecule has 0 aliphatic heterocycles. The Morgan fingerprint density at radius 1 is 1.44 bits per heavy atom. The first kappa shape index (κ1) is 11.8. The Bertz CT molecular complexity index is 478. The number of rotatable bonds is 3. The number of thiazole rings is 1. The summed E-state index contributed by atoms with van der Waals surface area (Å²) in [5.74, 6) is 0.561. The highest BCUT2D eigenvalue weighted by molar-refractivity contribution is 9.10. The minimum atomic E-state index is 0.561. The third-order valence-corrected chi connectivity index (χ3v) is 4.25. The molecule has 16 heavy (non-hydrogen) atoms. The van der Waals surface area contributed by atoms with E-state index in [2.05, 4.69) is 47.3 Å². The molecule has 1 heterocycles. The molecule has 1 aromatic carbocycles. The molecule has 0 radical (unpaired) electrons. The summed E-state index contributed by atoms with van der Waals surface area (Å²) in [4.78, 5) is 4.69. The fourth-order valence-electron chi connectivity index (χ4n) is 1.47. The van der Waals surface area contributed by atoms with Crippen molar-refractivity contribution in [1.29, 1.82) is 0 Å². The lowest BCUT2D eigenvalue weighted by molar-refractivity contribution is 0.727. The second-order valence-electron chi connectivity index (χ2n) is 3.89. The highest BCUT2D eigenvalue weighted by atomic mass is 79.9. The number of hydrogen-bond acceptors (Lipinski definition) is 2. The zero-order valence-corrected chi connectivity index (χ0v) is 11.8. The van der Waals surface area contributed by atoms with E-state index in [4.69, 9.17) is 4.98 Å². The lowest BCUT2D eigenvalue weighted by Gasteiger charge is -2.02.